The molecule has 0 atom stereocenters. The summed E-state index contributed by atoms with van der Waals surface area (Å²) in [4.78, 5) is 0. The summed E-state index contributed by atoms with van der Waals surface area (Å²) in [5.41, 5.74) is 0.720. The number of halogens is 2. The zero-order chi connectivity index (χ0) is 10.2. The van der Waals surface area contributed by atoms with Gasteiger partial charge >= 0.3 is 0 Å². The van der Waals surface area contributed by atoms with Gasteiger partial charge in [0.15, 0.2) is 0 Å². The molecule has 0 bridgehead atoms. The van der Waals surface area contributed by atoms with Crippen LogP contribution in [0.2, 0.25) is 0 Å². The fraction of sp³-hybridized carbons (Fsp3) is 0.455. The maximum absolute atomic E-state index is 12.8. The highest BCUT2D eigenvalue weighted by Gasteiger charge is 2.45. The van der Waals surface area contributed by atoms with E-state index < -0.39 is 6.17 Å². The summed E-state index contributed by atoms with van der Waals surface area (Å²) >= 11 is 3.35. The van der Waals surface area contributed by atoms with Crippen molar-refractivity contribution in [3.63, 3.8) is 0 Å². The second-order valence-electron chi connectivity index (χ2n) is 3.95. The van der Waals surface area contributed by atoms with E-state index in [-0.39, 0.29) is 12.0 Å². The summed E-state index contributed by atoms with van der Waals surface area (Å²) in [5, 5.41) is 9.30. The second kappa shape index (κ2) is 3.63. The molecular formula is C11H12BrFO. The van der Waals surface area contributed by atoms with E-state index in [4.69, 9.17) is 0 Å². The summed E-state index contributed by atoms with van der Waals surface area (Å²) in [5.74, 6) is 0. The van der Waals surface area contributed by atoms with Crippen molar-refractivity contribution in [1.29, 1.82) is 0 Å². The molecule has 1 N–H and O–H groups in total. The van der Waals surface area contributed by atoms with Crippen LogP contribution in [-0.4, -0.2) is 17.9 Å². The topological polar surface area (TPSA) is 20.2 Å². The lowest BCUT2D eigenvalue weighted by molar-refractivity contribution is 0.0410. The Hall–Kier alpha value is -0.410. The molecule has 1 aliphatic carbocycles. The van der Waals surface area contributed by atoms with Crippen LogP contribution in [0, 0.1) is 0 Å². The molecule has 1 saturated carbocycles. The van der Waals surface area contributed by atoms with Crippen LogP contribution in [0.15, 0.2) is 28.7 Å². The Balaban J connectivity index is 2.25. The third-order valence-corrected chi connectivity index (χ3v) is 3.51. The molecule has 0 heterocycles. The van der Waals surface area contributed by atoms with Gasteiger partial charge in [0.05, 0.1) is 6.61 Å². The van der Waals surface area contributed by atoms with Crippen molar-refractivity contribution >= 4 is 15.9 Å². The third-order valence-electron chi connectivity index (χ3n) is 2.98. The first-order valence-electron chi connectivity index (χ1n) is 4.67. The largest absolute Gasteiger partial charge is 0.395 e. The van der Waals surface area contributed by atoms with Gasteiger partial charge in [0.1, 0.15) is 6.17 Å². The van der Waals surface area contributed by atoms with E-state index in [1.165, 1.54) is 0 Å². The van der Waals surface area contributed by atoms with E-state index >= 15 is 0 Å². The molecule has 0 unspecified atom stereocenters. The zero-order valence-electron chi connectivity index (χ0n) is 7.71. The van der Waals surface area contributed by atoms with Gasteiger partial charge in [0.2, 0.25) is 0 Å². The van der Waals surface area contributed by atoms with E-state index in [9.17, 15) is 9.50 Å². The highest BCUT2D eigenvalue weighted by atomic mass is 79.9. The van der Waals surface area contributed by atoms with Gasteiger partial charge in [0.25, 0.3) is 0 Å². The molecule has 1 aliphatic rings. The maximum Gasteiger partial charge on any atom is 0.102 e. The molecule has 0 aliphatic heterocycles. The molecule has 1 nitrogen and oxygen atoms in total. The van der Waals surface area contributed by atoms with E-state index in [1.807, 2.05) is 24.3 Å². The van der Waals surface area contributed by atoms with Gasteiger partial charge in [-0.3, -0.25) is 0 Å². The Kier molecular flexibility index (Phi) is 2.62. The summed E-state index contributed by atoms with van der Waals surface area (Å²) in [7, 11) is 0. The fourth-order valence-electron chi connectivity index (χ4n) is 2.05. The lowest BCUT2D eigenvalue weighted by atomic mass is 9.64. The van der Waals surface area contributed by atoms with Gasteiger partial charge in [-0.05, 0) is 30.5 Å². The molecule has 1 aromatic rings. The predicted octanol–water partition coefficient (Wildman–Crippen LogP) is 2.81. The quantitative estimate of drug-likeness (QED) is 0.865. The van der Waals surface area contributed by atoms with Crippen molar-refractivity contribution in [1.82, 2.24) is 0 Å². The van der Waals surface area contributed by atoms with Gasteiger partial charge in [-0.1, -0.05) is 28.1 Å². The number of benzene rings is 1. The maximum atomic E-state index is 12.8. The van der Waals surface area contributed by atoms with Crippen LogP contribution in [0.25, 0.3) is 0 Å². The van der Waals surface area contributed by atoms with Crippen molar-refractivity contribution in [3.05, 3.63) is 34.3 Å². The van der Waals surface area contributed by atoms with Gasteiger partial charge in [0, 0.05) is 9.89 Å². The lowest BCUT2D eigenvalue weighted by Crippen LogP contribution is -2.45. The number of aliphatic hydroxyl groups is 1. The normalized spacial score (nSPS) is 31.2. The van der Waals surface area contributed by atoms with Crippen LogP contribution >= 0.6 is 15.9 Å². The molecule has 1 aromatic carbocycles. The number of alkyl halides is 1. The monoisotopic (exact) mass is 258 g/mol. The lowest BCUT2D eigenvalue weighted by Gasteiger charge is -2.43. The van der Waals surface area contributed by atoms with Crippen LogP contribution in [-0.2, 0) is 5.41 Å². The Bertz CT molecular complexity index is 317. The number of aliphatic hydroxyl groups excluding tert-OH is 1. The summed E-state index contributed by atoms with van der Waals surface area (Å²) < 4.78 is 13.8. The second-order valence-corrected chi connectivity index (χ2v) is 4.87. The van der Waals surface area contributed by atoms with Crippen molar-refractivity contribution in [2.75, 3.05) is 6.61 Å². The third kappa shape index (κ3) is 1.59. The van der Waals surface area contributed by atoms with Crippen molar-refractivity contribution in [2.45, 2.75) is 24.4 Å². The summed E-state index contributed by atoms with van der Waals surface area (Å²) in [6.45, 7) is 0.0368. The summed E-state index contributed by atoms with van der Waals surface area (Å²) in [6.07, 6.45) is 0.154. The first kappa shape index (κ1) is 10.1. The average Bonchev–Trinajstić information content (AvgIpc) is 2.14. The molecule has 0 amide bonds. The molecule has 0 spiro atoms. The average molecular weight is 259 g/mol. The minimum atomic E-state index is -0.745. The van der Waals surface area contributed by atoms with Crippen molar-refractivity contribution < 1.29 is 9.50 Å². The van der Waals surface area contributed by atoms with Gasteiger partial charge in [-0.2, -0.15) is 0 Å². The Labute approximate surface area is 91.1 Å². The number of hydrogen-bond donors (Lipinski definition) is 1. The highest BCUT2D eigenvalue weighted by Crippen LogP contribution is 2.45. The van der Waals surface area contributed by atoms with Crippen LogP contribution in [0.4, 0.5) is 4.39 Å². The number of rotatable bonds is 2. The minimum Gasteiger partial charge on any atom is -0.395 e. The molecule has 3 heteroatoms. The molecular weight excluding hydrogens is 247 g/mol. The van der Waals surface area contributed by atoms with Crippen LogP contribution < -0.4 is 0 Å². The molecule has 76 valence electrons. The first-order chi connectivity index (χ1) is 6.66. The smallest absolute Gasteiger partial charge is 0.102 e. The first-order valence-corrected chi connectivity index (χ1v) is 5.46. The van der Waals surface area contributed by atoms with Gasteiger partial charge in [-0.15, -0.1) is 0 Å². The van der Waals surface area contributed by atoms with E-state index in [0.29, 0.717) is 12.8 Å². The van der Waals surface area contributed by atoms with Gasteiger partial charge in [-0.25, -0.2) is 4.39 Å². The fourth-order valence-corrected chi connectivity index (χ4v) is 2.31. The molecule has 1 fully saturated rings. The standard InChI is InChI=1S/C11H12BrFO/c12-9-3-1-8(2-4-9)11(7-14)5-10(13)6-11/h1-4,10,14H,5-7H2. The van der Waals surface area contributed by atoms with Crippen LogP contribution in [0.1, 0.15) is 18.4 Å². The van der Waals surface area contributed by atoms with Crippen molar-refractivity contribution in [3.8, 4) is 0 Å². The molecule has 14 heavy (non-hydrogen) atoms. The van der Waals surface area contributed by atoms with Crippen LogP contribution in [0.5, 0.6) is 0 Å². The number of hydrogen-bond acceptors (Lipinski definition) is 1. The highest BCUT2D eigenvalue weighted by molar-refractivity contribution is 9.10. The van der Waals surface area contributed by atoms with Gasteiger partial charge < -0.3 is 5.11 Å². The van der Waals surface area contributed by atoms with E-state index in [1.54, 1.807) is 0 Å². The zero-order valence-corrected chi connectivity index (χ0v) is 9.30. The van der Waals surface area contributed by atoms with Crippen molar-refractivity contribution in [2.24, 2.45) is 0 Å². The molecule has 0 aromatic heterocycles. The Morgan fingerprint density at radius 2 is 1.93 bits per heavy atom. The minimum absolute atomic E-state index is 0.0368. The Morgan fingerprint density at radius 1 is 1.36 bits per heavy atom. The molecule has 2 rings (SSSR count). The molecule has 0 saturated heterocycles. The Morgan fingerprint density at radius 3 is 2.36 bits per heavy atom. The molecule has 0 radical (unpaired) electrons. The van der Waals surface area contributed by atoms with E-state index in [0.717, 1.165) is 10.0 Å². The SMILES string of the molecule is OCC1(c2ccc(Br)cc2)CC(F)C1. The van der Waals surface area contributed by atoms with E-state index in [2.05, 4.69) is 15.9 Å². The summed E-state index contributed by atoms with van der Waals surface area (Å²) in [6, 6.07) is 7.76. The van der Waals surface area contributed by atoms with Crippen LogP contribution in [0.3, 0.4) is 0 Å². The predicted molar refractivity (Wildman–Crippen MR) is 57.0 cm³/mol.